The summed E-state index contributed by atoms with van der Waals surface area (Å²) in [4.78, 5) is 9.36. The van der Waals surface area contributed by atoms with Crippen molar-refractivity contribution in [3.8, 4) is 0 Å². The van der Waals surface area contributed by atoms with Gasteiger partial charge < -0.3 is 19.1 Å². The number of quaternary nitrogens is 1. The Kier molecular flexibility index (Phi) is 5.66. The smallest absolute Gasteiger partial charge is 0.0857 e. The van der Waals surface area contributed by atoms with Crippen molar-refractivity contribution in [3.63, 3.8) is 0 Å². The first kappa shape index (κ1) is 12.4. The minimum Gasteiger partial charge on any atom is -0.548 e. The van der Waals surface area contributed by atoms with E-state index in [0.29, 0.717) is 0 Å². The number of aliphatic carboxylic acids is 1. The van der Waals surface area contributed by atoms with Gasteiger partial charge in [0.1, 0.15) is 0 Å². The molecule has 0 atom stereocenters. The van der Waals surface area contributed by atoms with Gasteiger partial charge in [0.25, 0.3) is 0 Å². The number of rotatable bonds is 2. The summed E-state index contributed by atoms with van der Waals surface area (Å²) >= 11 is 0. The Balaban J connectivity index is 0.000000226. The van der Waals surface area contributed by atoms with Crippen LogP contribution in [0.3, 0.4) is 0 Å². The first-order valence-corrected chi connectivity index (χ1v) is 4.49. The molecule has 0 spiro atoms. The van der Waals surface area contributed by atoms with Gasteiger partial charge in [-0.05, 0) is 0 Å². The third-order valence-electron chi connectivity index (χ3n) is 2.04. The number of carboxylic acids is 1. The molecule has 78 valence electrons. The normalized spacial score (nSPS) is 19.0. The van der Waals surface area contributed by atoms with Crippen LogP contribution in [0.1, 0.15) is 12.8 Å². The predicted octanol–water partition coefficient (Wildman–Crippen LogP) is -0.761. The second kappa shape index (κ2) is 5.94. The fraction of sp³-hybridized carbons (Fsp3) is 0.889. The summed E-state index contributed by atoms with van der Waals surface area (Å²) in [5.41, 5.74) is 0. The summed E-state index contributed by atoms with van der Waals surface area (Å²) in [7, 11) is 5.90. The molecule has 1 aliphatic heterocycles. The summed E-state index contributed by atoms with van der Waals surface area (Å²) in [6.45, 7) is 2.46. The van der Waals surface area contributed by atoms with Gasteiger partial charge in [-0.1, -0.05) is 0 Å². The molecule has 0 N–H and O–H groups in total. The van der Waals surface area contributed by atoms with Gasteiger partial charge in [0, 0.05) is 20.0 Å². The number of methoxy groups -OCH3 is 1. The number of likely N-dealkylation sites (tertiary alicyclic amines) is 1. The highest BCUT2D eigenvalue weighted by atomic mass is 16.5. The number of carbonyl (C=O) groups excluding carboxylic acids is 1. The number of carboxylic acid groups (broad SMARTS) is 1. The van der Waals surface area contributed by atoms with Gasteiger partial charge >= 0.3 is 0 Å². The zero-order chi connectivity index (χ0) is 10.3. The topological polar surface area (TPSA) is 49.4 Å². The van der Waals surface area contributed by atoms with Gasteiger partial charge in [-0.15, -0.1) is 0 Å². The maximum Gasteiger partial charge on any atom is 0.0857 e. The van der Waals surface area contributed by atoms with Gasteiger partial charge in [0.05, 0.1) is 39.8 Å². The van der Waals surface area contributed by atoms with Crippen molar-refractivity contribution in [2.24, 2.45) is 0 Å². The molecule has 13 heavy (non-hydrogen) atoms. The summed E-state index contributed by atoms with van der Waals surface area (Å²) in [5, 5.41) is 9.36. The van der Waals surface area contributed by atoms with Crippen LogP contribution in [0.2, 0.25) is 0 Å². The molecule has 1 heterocycles. The van der Waals surface area contributed by atoms with Crippen LogP contribution in [0.15, 0.2) is 0 Å². The van der Waals surface area contributed by atoms with Gasteiger partial charge in [-0.25, -0.2) is 0 Å². The molecular weight excluding hydrogens is 170 g/mol. The van der Waals surface area contributed by atoms with Crippen LogP contribution in [0.25, 0.3) is 0 Å². The largest absolute Gasteiger partial charge is 0.548 e. The molecule has 1 aliphatic rings. The average molecular weight is 189 g/mol. The lowest BCUT2D eigenvalue weighted by atomic mass is 10.4. The van der Waals surface area contributed by atoms with Crippen molar-refractivity contribution >= 4 is 5.97 Å². The molecule has 0 unspecified atom stereocenters. The third-order valence-corrected chi connectivity index (χ3v) is 2.04. The van der Waals surface area contributed by atoms with Crippen molar-refractivity contribution in [2.45, 2.75) is 12.8 Å². The summed E-state index contributed by atoms with van der Waals surface area (Å²) < 4.78 is 5.39. The van der Waals surface area contributed by atoms with E-state index in [1.807, 2.05) is 0 Å². The second-order valence-corrected chi connectivity index (χ2v) is 3.90. The SMILES string of the molecule is COCC(=O)[O-].C[N+]1(C)CCCC1. The molecule has 0 bridgehead atoms. The van der Waals surface area contributed by atoms with E-state index in [1.165, 1.54) is 37.5 Å². The fourth-order valence-electron chi connectivity index (χ4n) is 1.31. The highest BCUT2D eigenvalue weighted by Gasteiger charge is 2.19. The first-order valence-electron chi connectivity index (χ1n) is 4.49. The molecule has 4 heteroatoms. The Labute approximate surface area is 79.7 Å². The van der Waals surface area contributed by atoms with Crippen molar-refractivity contribution in [2.75, 3.05) is 40.9 Å². The van der Waals surface area contributed by atoms with Crippen LogP contribution in [0.5, 0.6) is 0 Å². The van der Waals surface area contributed by atoms with Crippen LogP contribution in [-0.2, 0) is 9.53 Å². The Hall–Kier alpha value is -0.610. The maximum atomic E-state index is 9.36. The number of ether oxygens (including phenoxy) is 1. The van der Waals surface area contributed by atoms with Crippen LogP contribution < -0.4 is 5.11 Å². The molecule has 0 saturated carbocycles. The molecule has 0 amide bonds. The lowest BCUT2D eigenvalue weighted by Gasteiger charge is -2.21. The average Bonchev–Trinajstić information content (AvgIpc) is 2.35. The summed E-state index contributed by atoms with van der Waals surface area (Å²) in [6.07, 6.45) is 2.88. The predicted molar refractivity (Wildman–Crippen MR) is 48.0 cm³/mol. The van der Waals surface area contributed by atoms with E-state index >= 15 is 0 Å². The summed E-state index contributed by atoms with van der Waals surface area (Å²) in [6, 6.07) is 0. The van der Waals surface area contributed by atoms with Crippen LogP contribution in [0.4, 0.5) is 0 Å². The van der Waals surface area contributed by atoms with Crippen LogP contribution in [-0.4, -0.2) is 51.4 Å². The molecule has 4 nitrogen and oxygen atoms in total. The molecule has 1 saturated heterocycles. The zero-order valence-electron chi connectivity index (χ0n) is 8.71. The van der Waals surface area contributed by atoms with Gasteiger partial charge in [-0.2, -0.15) is 0 Å². The van der Waals surface area contributed by atoms with E-state index in [1.54, 1.807) is 0 Å². The molecular formula is C9H19NO3. The highest BCUT2D eigenvalue weighted by molar-refractivity contribution is 5.65. The molecule has 0 aromatic heterocycles. The van der Waals surface area contributed by atoms with Crippen molar-refractivity contribution in [1.29, 1.82) is 0 Å². The number of carbonyl (C=O) groups is 1. The highest BCUT2D eigenvalue weighted by Crippen LogP contribution is 2.11. The molecule has 0 aromatic rings. The molecule has 0 aliphatic carbocycles. The van der Waals surface area contributed by atoms with Gasteiger partial charge in [0.15, 0.2) is 0 Å². The van der Waals surface area contributed by atoms with Crippen LogP contribution >= 0.6 is 0 Å². The van der Waals surface area contributed by atoms with E-state index in [2.05, 4.69) is 18.8 Å². The number of nitrogens with zero attached hydrogens (tertiary/aromatic N) is 1. The molecule has 1 fully saturated rings. The Morgan fingerprint density at radius 1 is 1.38 bits per heavy atom. The Morgan fingerprint density at radius 3 is 1.92 bits per heavy atom. The zero-order valence-corrected chi connectivity index (χ0v) is 8.71. The van der Waals surface area contributed by atoms with E-state index in [4.69, 9.17) is 0 Å². The van der Waals surface area contributed by atoms with E-state index in [0.717, 1.165) is 0 Å². The van der Waals surface area contributed by atoms with Gasteiger partial charge in [-0.3, -0.25) is 0 Å². The minimum absolute atomic E-state index is 0.319. The maximum absolute atomic E-state index is 9.36. The number of hydrogen-bond donors (Lipinski definition) is 0. The van der Waals surface area contributed by atoms with E-state index in [9.17, 15) is 9.90 Å². The van der Waals surface area contributed by atoms with E-state index < -0.39 is 5.97 Å². The van der Waals surface area contributed by atoms with Gasteiger partial charge in [0.2, 0.25) is 0 Å². The third kappa shape index (κ3) is 7.74. The lowest BCUT2D eigenvalue weighted by molar-refractivity contribution is -0.877. The standard InChI is InChI=1S/C6H14N.C3H6O3/c1-7(2)5-3-4-6-7;1-6-2-3(4)5/h3-6H2,1-2H3;2H2,1H3,(H,4,5)/q+1;/p-1. The van der Waals surface area contributed by atoms with Crippen molar-refractivity contribution in [3.05, 3.63) is 0 Å². The summed E-state index contributed by atoms with van der Waals surface area (Å²) in [5.74, 6) is -1.18. The monoisotopic (exact) mass is 189 g/mol. The van der Waals surface area contributed by atoms with Crippen molar-refractivity contribution in [1.82, 2.24) is 0 Å². The molecule has 0 aromatic carbocycles. The Morgan fingerprint density at radius 2 is 1.85 bits per heavy atom. The minimum atomic E-state index is -1.18. The second-order valence-electron chi connectivity index (χ2n) is 3.90. The van der Waals surface area contributed by atoms with E-state index in [-0.39, 0.29) is 6.61 Å². The molecule has 1 rings (SSSR count). The first-order chi connectivity index (χ1) is 5.98. The number of hydrogen-bond acceptors (Lipinski definition) is 3. The van der Waals surface area contributed by atoms with Crippen LogP contribution in [0, 0.1) is 0 Å². The quantitative estimate of drug-likeness (QED) is 0.536. The lowest BCUT2D eigenvalue weighted by Crippen LogP contribution is -2.35. The van der Waals surface area contributed by atoms with Crippen molar-refractivity contribution < 1.29 is 19.1 Å². The molecule has 0 radical (unpaired) electrons. The Bertz CT molecular complexity index is 149. The fourth-order valence-corrected chi connectivity index (χ4v) is 1.31.